The maximum absolute atomic E-state index is 12.6. The van der Waals surface area contributed by atoms with Crippen LogP contribution in [-0.4, -0.2) is 20.4 Å². The SMILES string of the molecule is O=C(N[C@H]1C[C@H]2CC[C@@H]1C2)c1cccc(NS(=O)(=O)c2ccc(Cl)cc2)c1. The second-order valence-electron chi connectivity index (χ2n) is 7.40. The van der Waals surface area contributed by atoms with E-state index in [1.54, 1.807) is 24.3 Å². The van der Waals surface area contributed by atoms with Gasteiger partial charge in [-0.15, -0.1) is 0 Å². The normalized spacial score (nSPS) is 24.0. The van der Waals surface area contributed by atoms with Crippen LogP contribution < -0.4 is 10.0 Å². The first-order valence-electron chi connectivity index (χ1n) is 9.10. The molecule has 0 spiro atoms. The summed E-state index contributed by atoms with van der Waals surface area (Å²) in [6.07, 6.45) is 4.74. The zero-order chi connectivity index (χ0) is 19.0. The number of nitrogens with one attached hydrogen (secondary N) is 2. The fraction of sp³-hybridized carbons (Fsp3) is 0.350. The van der Waals surface area contributed by atoms with Crippen LogP contribution in [0.1, 0.15) is 36.0 Å². The van der Waals surface area contributed by atoms with Crippen molar-refractivity contribution in [3.05, 3.63) is 59.1 Å². The molecule has 2 fully saturated rings. The van der Waals surface area contributed by atoms with Crippen molar-refractivity contribution in [3.8, 4) is 0 Å². The van der Waals surface area contributed by atoms with Gasteiger partial charge in [0.05, 0.1) is 4.90 Å². The molecule has 0 radical (unpaired) electrons. The van der Waals surface area contributed by atoms with E-state index >= 15 is 0 Å². The number of carbonyl (C=O) groups excluding carboxylic acids is 1. The van der Waals surface area contributed by atoms with Crippen molar-refractivity contribution in [2.75, 3.05) is 4.72 Å². The van der Waals surface area contributed by atoms with Crippen LogP contribution in [0.2, 0.25) is 5.02 Å². The zero-order valence-corrected chi connectivity index (χ0v) is 16.3. The van der Waals surface area contributed by atoms with Gasteiger partial charge >= 0.3 is 0 Å². The van der Waals surface area contributed by atoms with Crippen LogP contribution in [0.15, 0.2) is 53.4 Å². The topological polar surface area (TPSA) is 75.3 Å². The maximum atomic E-state index is 12.6. The van der Waals surface area contributed by atoms with E-state index in [-0.39, 0.29) is 16.8 Å². The lowest BCUT2D eigenvalue weighted by molar-refractivity contribution is 0.0923. The molecule has 2 aliphatic rings. The summed E-state index contributed by atoms with van der Waals surface area (Å²) < 4.78 is 27.5. The molecule has 7 heteroatoms. The van der Waals surface area contributed by atoms with Gasteiger partial charge in [0.2, 0.25) is 0 Å². The van der Waals surface area contributed by atoms with Crippen LogP contribution in [0.25, 0.3) is 0 Å². The summed E-state index contributed by atoms with van der Waals surface area (Å²) in [4.78, 5) is 12.7. The van der Waals surface area contributed by atoms with Gasteiger partial charge in [0, 0.05) is 22.3 Å². The van der Waals surface area contributed by atoms with Crippen molar-refractivity contribution < 1.29 is 13.2 Å². The average molecular weight is 405 g/mol. The number of fused-ring (bicyclic) bond motifs is 2. The maximum Gasteiger partial charge on any atom is 0.261 e. The van der Waals surface area contributed by atoms with Crippen LogP contribution in [0.4, 0.5) is 5.69 Å². The standard InChI is InChI=1S/C20H21ClN2O3S/c21-16-6-8-18(9-7-16)27(25,26)23-17-3-1-2-15(12-17)20(24)22-19-11-13-4-5-14(19)10-13/h1-3,6-9,12-14,19,23H,4-5,10-11H2,(H,22,24)/t13-,14+,19-/m0/s1. The molecule has 1 amide bonds. The minimum Gasteiger partial charge on any atom is -0.349 e. The molecule has 2 bridgehead atoms. The highest BCUT2D eigenvalue weighted by molar-refractivity contribution is 7.92. The van der Waals surface area contributed by atoms with Crippen molar-refractivity contribution in [2.24, 2.45) is 11.8 Å². The van der Waals surface area contributed by atoms with Crippen molar-refractivity contribution in [2.45, 2.75) is 36.6 Å². The lowest BCUT2D eigenvalue weighted by Gasteiger charge is -2.23. The van der Waals surface area contributed by atoms with E-state index in [0.29, 0.717) is 22.2 Å². The van der Waals surface area contributed by atoms with Gasteiger partial charge < -0.3 is 5.32 Å². The van der Waals surface area contributed by atoms with Gasteiger partial charge in [-0.25, -0.2) is 8.42 Å². The van der Waals surface area contributed by atoms with Gasteiger partial charge in [-0.3, -0.25) is 9.52 Å². The van der Waals surface area contributed by atoms with E-state index in [0.717, 1.165) is 12.3 Å². The Balaban J connectivity index is 1.47. The first-order chi connectivity index (χ1) is 12.9. The Morgan fingerprint density at radius 1 is 1.04 bits per heavy atom. The molecule has 0 unspecified atom stereocenters. The third kappa shape index (κ3) is 3.96. The fourth-order valence-electron chi connectivity index (χ4n) is 4.22. The number of sulfonamides is 1. The number of hydrogen-bond donors (Lipinski definition) is 2. The quantitative estimate of drug-likeness (QED) is 0.789. The Morgan fingerprint density at radius 3 is 2.48 bits per heavy atom. The third-order valence-corrected chi connectivity index (χ3v) is 7.20. The average Bonchev–Trinajstić information content (AvgIpc) is 3.25. The largest absolute Gasteiger partial charge is 0.349 e. The minimum absolute atomic E-state index is 0.115. The number of anilines is 1. The Morgan fingerprint density at radius 2 is 1.81 bits per heavy atom. The molecular weight excluding hydrogens is 384 g/mol. The molecule has 2 saturated carbocycles. The van der Waals surface area contributed by atoms with Crippen molar-refractivity contribution in [1.29, 1.82) is 0 Å². The first kappa shape index (κ1) is 18.3. The van der Waals surface area contributed by atoms with E-state index in [1.807, 2.05) is 0 Å². The van der Waals surface area contributed by atoms with E-state index in [9.17, 15) is 13.2 Å². The summed E-state index contributed by atoms with van der Waals surface area (Å²) in [6.45, 7) is 0. The predicted octanol–water partition coefficient (Wildman–Crippen LogP) is 4.06. The van der Waals surface area contributed by atoms with E-state index in [1.165, 1.54) is 43.5 Å². The molecule has 0 heterocycles. The van der Waals surface area contributed by atoms with Crippen LogP contribution in [0.5, 0.6) is 0 Å². The van der Waals surface area contributed by atoms with Gasteiger partial charge in [0.15, 0.2) is 0 Å². The number of hydrogen-bond acceptors (Lipinski definition) is 3. The molecular formula is C20H21ClN2O3S. The van der Waals surface area contributed by atoms with Crippen LogP contribution in [0.3, 0.4) is 0 Å². The zero-order valence-electron chi connectivity index (χ0n) is 14.7. The molecule has 142 valence electrons. The number of carbonyl (C=O) groups is 1. The van der Waals surface area contributed by atoms with E-state index in [4.69, 9.17) is 11.6 Å². The summed E-state index contributed by atoms with van der Waals surface area (Å²) in [5.41, 5.74) is 0.805. The molecule has 0 aliphatic heterocycles. The van der Waals surface area contributed by atoms with Gasteiger partial charge in [0.1, 0.15) is 0 Å². The molecule has 2 aromatic carbocycles. The fourth-order valence-corrected chi connectivity index (χ4v) is 5.40. The van der Waals surface area contributed by atoms with Crippen molar-refractivity contribution >= 4 is 33.2 Å². The summed E-state index contributed by atoms with van der Waals surface area (Å²) >= 11 is 5.81. The smallest absolute Gasteiger partial charge is 0.261 e. The Kier molecular flexibility index (Phi) is 4.86. The Bertz CT molecular complexity index is 959. The molecule has 27 heavy (non-hydrogen) atoms. The number of halogens is 1. The molecule has 3 atom stereocenters. The van der Waals surface area contributed by atoms with E-state index in [2.05, 4.69) is 10.0 Å². The summed E-state index contributed by atoms with van der Waals surface area (Å²) in [5.74, 6) is 1.18. The van der Waals surface area contributed by atoms with Crippen molar-refractivity contribution in [1.82, 2.24) is 5.32 Å². The highest BCUT2D eigenvalue weighted by Gasteiger charge is 2.40. The highest BCUT2D eigenvalue weighted by atomic mass is 35.5. The van der Waals surface area contributed by atoms with Gasteiger partial charge in [-0.2, -0.15) is 0 Å². The molecule has 2 aliphatic carbocycles. The monoisotopic (exact) mass is 404 g/mol. The lowest BCUT2D eigenvalue weighted by Crippen LogP contribution is -2.38. The van der Waals surface area contributed by atoms with Crippen LogP contribution >= 0.6 is 11.6 Å². The van der Waals surface area contributed by atoms with Crippen molar-refractivity contribution in [3.63, 3.8) is 0 Å². The van der Waals surface area contributed by atoms with Crippen LogP contribution in [-0.2, 0) is 10.0 Å². The minimum atomic E-state index is -3.74. The summed E-state index contributed by atoms with van der Waals surface area (Å²) in [5, 5.41) is 3.59. The number of rotatable bonds is 5. The molecule has 2 aromatic rings. The molecule has 4 rings (SSSR count). The molecule has 5 nitrogen and oxygen atoms in total. The lowest BCUT2D eigenvalue weighted by atomic mass is 9.95. The number of amides is 1. The molecule has 0 saturated heterocycles. The first-order valence-corrected chi connectivity index (χ1v) is 11.0. The van der Waals surface area contributed by atoms with Gasteiger partial charge in [-0.1, -0.05) is 24.1 Å². The van der Waals surface area contributed by atoms with Gasteiger partial charge in [0.25, 0.3) is 15.9 Å². The Labute approximate surface area is 164 Å². The summed E-state index contributed by atoms with van der Waals surface area (Å²) in [6, 6.07) is 12.7. The second kappa shape index (κ2) is 7.17. The predicted molar refractivity (Wildman–Crippen MR) is 105 cm³/mol. The summed E-state index contributed by atoms with van der Waals surface area (Å²) in [7, 11) is -3.74. The van der Waals surface area contributed by atoms with Gasteiger partial charge in [-0.05, 0) is 73.6 Å². The molecule has 0 aromatic heterocycles. The second-order valence-corrected chi connectivity index (χ2v) is 9.51. The van der Waals surface area contributed by atoms with E-state index < -0.39 is 10.0 Å². The molecule has 2 N–H and O–H groups in total. The third-order valence-electron chi connectivity index (χ3n) is 5.56. The van der Waals surface area contributed by atoms with Crippen LogP contribution in [0, 0.1) is 11.8 Å². The number of benzene rings is 2. The highest BCUT2D eigenvalue weighted by Crippen LogP contribution is 2.44. The Hall–Kier alpha value is -2.05.